The van der Waals surface area contributed by atoms with E-state index >= 15 is 0 Å². The molecule has 0 aliphatic rings. The first-order valence-corrected chi connectivity index (χ1v) is 3.30. The molecule has 0 saturated carbocycles. The highest BCUT2D eigenvalue weighted by atomic mass is 16.4. The molecule has 0 saturated heterocycles. The summed E-state index contributed by atoms with van der Waals surface area (Å²) < 4.78 is 0. The normalized spacial score (nSPS) is 10.7. The summed E-state index contributed by atoms with van der Waals surface area (Å²) in [7, 11) is 1.32. The Balaban J connectivity index is 4.59. The average molecular weight is 187 g/mol. The number of carboxylic acids is 2. The lowest BCUT2D eigenvalue weighted by Gasteiger charge is -2.04. The van der Waals surface area contributed by atoms with Crippen molar-refractivity contribution < 1.29 is 24.6 Å². The quantitative estimate of drug-likeness (QED) is 0.447. The molecule has 0 aliphatic carbocycles. The fraction of sp³-hybridized carbons (Fsp3) is 0.286. The summed E-state index contributed by atoms with van der Waals surface area (Å²) in [6, 6.07) is 0. The summed E-state index contributed by atoms with van der Waals surface area (Å²) in [6.07, 6.45) is 0.724. The molecule has 6 heteroatoms. The van der Waals surface area contributed by atoms with Gasteiger partial charge in [0.05, 0.1) is 12.0 Å². The zero-order chi connectivity index (χ0) is 10.4. The van der Waals surface area contributed by atoms with E-state index in [1.807, 2.05) is 0 Å². The Morgan fingerprint density at radius 3 is 2.23 bits per heavy atom. The van der Waals surface area contributed by atoms with Crippen LogP contribution in [-0.2, 0) is 14.4 Å². The maximum atomic E-state index is 10.4. The van der Waals surface area contributed by atoms with Crippen molar-refractivity contribution >= 4 is 18.3 Å². The van der Waals surface area contributed by atoms with Gasteiger partial charge in [0, 0.05) is 13.2 Å². The Bertz CT molecular complexity index is 258. The second-order valence-electron chi connectivity index (χ2n) is 2.30. The monoisotopic (exact) mass is 187 g/mol. The molecule has 2 N–H and O–H groups in total. The summed E-state index contributed by atoms with van der Waals surface area (Å²) in [5.74, 6) is -2.61. The molecular weight excluding hydrogens is 178 g/mol. The number of hydrogen-bond acceptors (Lipinski definition) is 3. The Hall–Kier alpha value is -1.85. The maximum absolute atomic E-state index is 10.4. The summed E-state index contributed by atoms with van der Waals surface area (Å²) in [4.78, 5) is 31.6. The van der Waals surface area contributed by atoms with Crippen LogP contribution in [0.15, 0.2) is 11.8 Å². The van der Waals surface area contributed by atoms with Gasteiger partial charge in [-0.05, 0) is 0 Å². The molecule has 0 fully saturated rings. The highest BCUT2D eigenvalue weighted by molar-refractivity contribution is 5.92. The highest BCUT2D eigenvalue weighted by Gasteiger charge is 2.12. The molecule has 0 spiro atoms. The van der Waals surface area contributed by atoms with Crippen molar-refractivity contribution in [3.8, 4) is 0 Å². The molecule has 0 rings (SSSR count). The van der Waals surface area contributed by atoms with E-state index in [0.717, 1.165) is 11.1 Å². The Kier molecular flexibility index (Phi) is 4.21. The molecule has 6 nitrogen and oxygen atoms in total. The fourth-order valence-corrected chi connectivity index (χ4v) is 0.616. The van der Waals surface area contributed by atoms with Crippen molar-refractivity contribution in [2.45, 2.75) is 6.42 Å². The molecule has 0 heterocycles. The zero-order valence-electron chi connectivity index (χ0n) is 6.93. The summed E-state index contributed by atoms with van der Waals surface area (Å²) in [5.41, 5.74) is -0.345. The second-order valence-corrected chi connectivity index (χ2v) is 2.30. The number of amides is 1. The average Bonchev–Trinajstić information content (AvgIpc) is 2.02. The lowest BCUT2D eigenvalue weighted by molar-refractivity contribution is -0.139. The first-order chi connectivity index (χ1) is 5.97. The van der Waals surface area contributed by atoms with Gasteiger partial charge in [0.25, 0.3) is 0 Å². The van der Waals surface area contributed by atoms with Crippen LogP contribution in [0.1, 0.15) is 6.42 Å². The van der Waals surface area contributed by atoms with E-state index in [4.69, 9.17) is 10.2 Å². The van der Waals surface area contributed by atoms with Crippen molar-refractivity contribution in [2.24, 2.45) is 0 Å². The van der Waals surface area contributed by atoms with Gasteiger partial charge in [0.1, 0.15) is 0 Å². The molecule has 0 bridgehead atoms. The van der Waals surface area contributed by atoms with Gasteiger partial charge in [-0.15, -0.1) is 0 Å². The molecule has 0 aliphatic heterocycles. The number of aliphatic carboxylic acids is 2. The number of nitrogens with zero attached hydrogens (tertiary/aromatic N) is 1. The van der Waals surface area contributed by atoms with Crippen LogP contribution < -0.4 is 0 Å². The van der Waals surface area contributed by atoms with Gasteiger partial charge in [-0.3, -0.25) is 9.59 Å². The summed E-state index contributed by atoms with van der Waals surface area (Å²) >= 11 is 0. The van der Waals surface area contributed by atoms with Crippen LogP contribution in [0.2, 0.25) is 0 Å². The molecule has 0 radical (unpaired) electrons. The van der Waals surface area contributed by atoms with Crippen LogP contribution in [0.4, 0.5) is 0 Å². The first kappa shape index (κ1) is 11.2. The van der Waals surface area contributed by atoms with Crippen molar-refractivity contribution in [2.75, 3.05) is 7.05 Å². The zero-order valence-corrected chi connectivity index (χ0v) is 6.93. The minimum atomic E-state index is -1.35. The van der Waals surface area contributed by atoms with E-state index in [0.29, 0.717) is 6.41 Å². The van der Waals surface area contributed by atoms with E-state index < -0.39 is 18.4 Å². The Labute approximate surface area is 74.1 Å². The number of rotatable bonds is 5. The number of carbonyl (C=O) groups excluding carboxylic acids is 1. The van der Waals surface area contributed by atoms with Gasteiger partial charge in [-0.2, -0.15) is 0 Å². The van der Waals surface area contributed by atoms with E-state index in [2.05, 4.69) is 0 Å². The Morgan fingerprint density at radius 1 is 1.38 bits per heavy atom. The molecule has 1 amide bonds. The smallest absolute Gasteiger partial charge is 0.333 e. The molecule has 0 aromatic rings. The fourth-order valence-electron chi connectivity index (χ4n) is 0.616. The van der Waals surface area contributed by atoms with Crippen LogP contribution in [0.5, 0.6) is 0 Å². The maximum Gasteiger partial charge on any atom is 0.333 e. The van der Waals surface area contributed by atoms with Crippen LogP contribution >= 0.6 is 0 Å². The highest BCUT2D eigenvalue weighted by Crippen LogP contribution is 2.02. The Morgan fingerprint density at radius 2 is 1.92 bits per heavy atom. The van der Waals surface area contributed by atoms with Crippen molar-refractivity contribution in [1.82, 2.24) is 4.90 Å². The third kappa shape index (κ3) is 4.57. The minimum Gasteiger partial charge on any atom is -0.481 e. The van der Waals surface area contributed by atoms with Gasteiger partial charge in [-0.25, -0.2) is 4.79 Å². The SMILES string of the molecule is CN(C=O)/C=C(\CC(=O)O)C(=O)O. The molecule has 0 unspecified atom stereocenters. The largest absolute Gasteiger partial charge is 0.481 e. The van der Waals surface area contributed by atoms with Gasteiger partial charge in [-0.1, -0.05) is 0 Å². The van der Waals surface area contributed by atoms with Crippen molar-refractivity contribution in [1.29, 1.82) is 0 Å². The summed E-state index contributed by atoms with van der Waals surface area (Å²) in [5, 5.41) is 16.8. The predicted octanol–water partition coefficient (Wildman–Crippen LogP) is -0.482. The van der Waals surface area contributed by atoms with Gasteiger partial charge >= 0.3 is 11.9 Å². The third-order valence-corrected chi connectivity index (χ3v) is 1.14. The predicted molar refractivity (Wildman–Crippen MR) is 41.8 cm³/mol. The standard InChI is InChI=1S/C7H9NO5/c1-8(4-9)3-5(7(12)13)2-6(10)11/h3-4H,2H2,1H3,(H,10,11)(H,12,13)/b5-3+. The van der Waals surface area contributed by atoms with E-state index in [1.54, 1.807) is 0 Å². The molecule has 72 valence electrons. The van der Waals surface area contributed by atoms with E-state index in [1.165, 1.54) is 7.05 Å². The molecule has 0 aromatic heterocycles. The van der Waals surface area contributed by atoms with Crippen molar-refractivity contribution in [3.63, 3.8) is 0 Å². The van der Waals surface area contributed by atoms with Crippen LogP contribution in [0.3, 0.4) is 0 Å². The lowest BCUT2D eigenvalue weighted by atomic mass is 10.2. The van der Waals surface area contributed by atoms with Gasteiger partial charge in [0.15, 0.2) is 0 Å². The summed E-state index contributed by atoms with van der Waals surface area (Å²) in [6.45, 7) is 0. The van der Waals surface area contributed by atoms with Crippen LogP contribution in [0.25, 0.3) is 0 Å². The van der Waals surface area contributed by atoms with Crippen LogP contribution in [-0.4, -0.2) is 40.5 Å². The van der Waals surface area contributed by atoms with E-state index in [9.17, 15) is 14.4 Å². The molecular formula is C7H9NO5. The molecule has 13 heavy (non-hydrogen) atoms. The van der Waals surface area contributed by atoms with Crippen molar-refractivity contribution in [3.05, 3.63) is 11.8 Å². The number of hydrogen-bond donors (Lipinski definition) is 2. The topological polar surface area (TPSA) is 94.9 Å². The lowest BCUT2D eigenvalue weighted by Crippen LogP contribution is -2.14. The minimum absolute atomic E-state index is 0.345. The molecule has 0 aromatic carbocycles. The molecule has 0 atom stereocenters. The van der Waals surface area contributed by atoms with Gasteiger partial charge < -0.3 is 15.1 Å². The van der Waals surface area contributed by atoms with Crippen LogP contribution in [0, 0.1) is 0 Å². The third-order valence-electron chi connectivity index (χ3n) is 1.14. The number of carbonyl (C=O) groups is 3. The number of carboxylic acid groups (broad SMARTS) is 2. The first-order valence-electron chi connectivity index (χ1n) is 3.30. The second kappa shape index (κ2) is 4.91. The van der Waals surface area contributed by atoms with E-state index in [-0.39, 0.29) is 5.57 Å². The van der Waals surface area contributed by atoms with Gasteiger partial charge in [0.2, 0.25) is 6.41 Å².